The van der Waals surface area contributed by atoms with Crippen LogP contribution < -0.4 is 5.73 Å². The lowest BCUT2D eigenvalue weighted by atomic mass is 9.87. The number of carbonyl (C=O) groups excluding carboxylic acids is 1. The predicted molar refractivity (Wildman–Crippen MR) is 49.3 cm³/mol. The quantitative estimate of drug-likeness (QED) is 0.643. The van der Waals surface area contributed by atoms with Gasteiger partial charge in [-0.15, -0.1) is 0 Å². The van der Waals surface area contributed by atoms with E-state index in [4.69, 9.17) is 5.73 Å². The minimum Gasteiger partial charge on any atom is -0.398 e. The smallest absolute Gasteiger partial charge is 0.165 e. The normalized spacial score (nSPS) is 20.2. The molecule has 0 bridgehead atoms. The van der Waals surface area contributed by atoms with Crippen LogP contribution in [-0.2, 0) is 0 Å². The number of Topliss-reactive ketones (excluding diaryl/α,β-unsaturated/α-hetero) is 1. The molecule has 3 nitrogen and oxygen atoms in total. The highest BCUT2D eigenvalue weighted by Crippen LogP contribution is 2.35. The summed E-state index contributed by atoms with van der Waals surface area (Å²) in [6.45, 7) is 0. The third kappa shape index (κ3) is 1.39. The van der Waals surface area contributed by atoms with Gasteiger partial charge in [0, 0.05) is 29.3 Å². The van der Waals surface area contributed by atoms with Gasteiger partial charge >= 0.3 is 0 Å². The molecule has 0 fully saturated rings. The maximum atomic E-state index is 13.3. The zero-order valence-corrected chi connectivity index (χ0v) is 7.76. The molecule has 0 saturated heterocycles. The van der Waals surface area contributed by atoms with Crippen LogP contribution in [0.1, 0.15) is 34.9 Å². The molecular formula is C10H9F2NO2. The van der Waals surface area contributed by atoms with Gasteiger partial charge < -0.3 is 10.8 Å². The molecule has 1 aliphatic carbocycles. The van der Waals surface area contributed by atoms with Crippen molar-refractivity contribution in [3.63, 3.8) is 0 Å². The molecular weight excluding hydrogens is 204 g/mol. The van der Waals surface area contributed by atoms with Crippen LogP contribution in [0.3, 0.4) is 0 Å². The van der Waals surface area contributed by atoms with E-state index in [1.165, 1.54) is 0 Å². The van der Waals surface area contributed by atoms with Crippen LogP contribution in [0.5, 0.6) is 0 Å². The van der Waals surface area contributed by atoms with Crippen molar-refractivity contribution in [1.82, 2.24) is 0 Å². The van der Waals surface area contributed by atoms with E-state index in [1.54, 1.807) is 0 Å². The number of fused-ring (bicyclic) bond motifs is 1. The first-order valence-electron chi connectivity index (χ1n) is 4.51. The summed E-state index contributed by atoms with van der Waals surface area (Å²) in [5.74, 6) is -2.67. The third-order valence-electron chi connectivity index (χ3n) is 2.54. The van der Waals surface area contributed by atoms with Gasteiger partial charge in [-0.3, -0.25) is 4.79 Å². The number of hydrogen-bond acceptors (Lipinski definition) is 3. The lowest BCUT2D eigenvalue weighted by molar-refractivity contribution is 0.0889. The number of ketones is 1. The van der Waals surface area contributed by atoms with E-state index < -0.39 is 17.7 Å². The van der Waals surface area contributed by atoms with E-state index in [-0.39, 0.29) is 35.4 Å². The molecule has 0 radical (unpaired) electrons. The largest absolute Gasteiger partial charge is 0.398 e. The molecule has 0 saturated carbocycles. The lowest BCUT2D eigenvalue weighted by Crippen LogP contribution is -2.20. The number of carbonyl (C=O) groups is 1. The van der Waals surface area contributed by atoms with Gasteiger partial charge in [-0.1, -0.05) is 0 Å². The molecule has 1 atom stereocenters. The van der Waals surface area contributed by atoms with Crippen molar-refractivity contribution < 1.29 is 18.7 Å². The highest BCUT2D eigenvalue weighted by molar-refractivity contribution is 6.03. The second-order valence-electron chi connectivity index (χ2n) is 3.53. The molecule has 15 heavy (non-hydrogen) atoms. The predicted octanol–water partition coefficient (Wildman–Crippen LogP) is 1.56. The summed E-state index contributed by atoms with van der Waals surface area (Å²) < 4.78 is 26.3. The standard InChI is InChI=1S/C10H9F2NO2/c11-4-3-5(13)8-6(14)1-2-7(15)9(8)10(4)12/h3,7,15H,1-2,13H2/t7-/m0/s1. The molecule has 0 aromatic heterocycles. The zero-order chi connectivity index (χ0) is 11.2. The van der Waals surface area contributed by atoms with Gasteiger partial charge in [0.2, 0.25) is 0 Å². The number of halogens is 2. The van der Waals surface area contributed by atoms with Gasteiger partial charge in [0.1, 0.15) is 0 Å². The molecule has 1 aliphatic rings. The second kappa shape index (κ2) is 3.27. The molecule has 0 aliphatic heterocycles. The first-order chi connectivity index (χ1) is 7.02. The minimum atomic E-state index is -1.18. The molecule has 0 spiro atoms. The average Bonchev–Trinajstić information content (AvgIpc) is 2.18. The molecule has 1 aromatic rings. The lowest BCUT2D eigenvalue weighted by Gasteiger charge is -2.22. The Hall–Kier alpha value is -1.49. The summed E-state index contributed by atoms with van der Waals surface area (Å²) in [6, 6.07) is 0.768. The Morgan fingerprint density at radius 2 is 2.13 bits per heavy atom. The minimum absolute atomic E-state index is 0.0762. The van der Waals surface area contributed by atoms with Crippen molar-refractivity contribution in [1.29, 1.82) is 0 Å². The van der Waals surface area contributed by atoms with Crippen LogP contribution >= 0.6 is 0 Å². The molecule has 2 rings (SSSR count). The molecule has 0 unspecified atom stereocenters. The van der Waals surface area contributed by atoms with Gasteiger partial charge in [0.05, 0.1) is 6.10 Å². The molecule has 0 amide bonds. The number of benzene rings is 1. The van der Waals surface area contributed by atoms with Gasteiger partial charge in [0.15, 0.2) is 17.4 Å². The van der Waals surface area contributed by atoms with Crippen molar-refractivity contribution in [3.8, 4) is 0 Å². The zero-order valence-electron chi connectivity index (χ0n) is 7.76. The van der Waals surface area contributed by atoms with E-state index in [1.807, 2.05) is 0 Å². The number of rotatable bonds is 0. The fourth-order valence-corrected chi connectivity index (χ4v) is 1.83. The monoisotopic (exact) mass is 213 g/mol. The van der Waals surface area contributed by atoms with Crippen LogP contribution in [0, 0.1) is 11.6 Å². The summed E-state index contributed by atoms with van der Waals surface area (Å²) in [4.78, 5) is 11.4. The Kier molecular flexibility index (Phi) is 2.19. The first kappa shape index (κ1) is 10.0. The van der Waals surface area contributed by atoms with Gasteiger partial charge in [-0.05, 0) is 6.42 Å². The van der Waals surface area contributed by atoms with Crippen LogP contribution in [-0.4, -0.2) is 10.9 Å². The SMILES string of the molecule is Nc1cc(F)c(F)c2c1C(=O)CC[C@@H]2O. The Labute approximate surface area is 84.5 Å². The van der Waals surface area contributed by atoms with Crippen LogP contribution in [0.4, 0.5) is 14.5 Å². The summed E-state index contributed by atoms with van der Waals surface area (Å²) in [7, 11) is 0. The fourth-order valence-electron chi connectivity index (χ4n) is 1.83. The molecule has 1 aromatic carbocycles. The fraction of sp³-hybridized carbons (Fsp3) is 0.300. The summed E-state index contributed by atoms with van der Waals surface area (Å²) >= 11 is 0. The average molecular weight is 213 g/mol. The van der Waals surface area contributed by atoms with E-state index >= 15 is 0 Å². The van der Waals surface area contributed by atoms with Crippen LogP contribution in [0.2, 0.25) is 0 Å². The van der Waals surface area contributed by atoms with E-state index in [0.717, 1.165) is 6.07 Å². The Bertz CT molecular complexity index is 446. The summed E-state index contributed by atoms with van der Waals surface area (Å²) in [5, 5.41) is 9.49. The highest BCUT2D eigenvalue weighted by Gasteiger charge is 2.31. The molecule has 80 valence electrons. The van der Waals surface area contributed by atoms with E-state index in [2.05, 4.69) is 0 Å². The number of hydrogen-bond donors (Lipinski definition) is 2. The van der Waals surface area contributed by atoms with Crippen LogP contribution in [0.15, 0.2) is 6.07 Å². The maximum Gasteiger partial charge on any atom is 0.165 e. The van der Waals surface area contributed by atoms with Crippen LogP contribution in [0.25, 0.3) is 0 Å². The molecule has 5 heteroatoms. The third-order valence-corrected chi connectivity index (χ3v) is 2.54. The van der Waals surface area contributed by atoms with Gasteiger partial charge in [-0.25, -0.2) is 8.78 Å². The second-order valence-corrected chi connectivity index (χ2v) is 3.53. The number of aliphatic hydroxyl groups excluding tert-OH is 1. The number of nitrogens with two attached hydrogens (primary N) is 1. The van der Waals surface area contributed by atoms with Crippen molar-refractivity contribution >= 4 is 11.5 Å². The van der Waals surface area contributed by atoms with Crippen molar-refractivity contribution in [2.75, 3.05) is 5.73 Å². The Morgan fingerprint density at radius 1 is 1.47 bits per heavy atom. The number of anilines is 1. The van der Waals surface area contributed by atoms with Gasteiger partial charge in [-0.2, -0.15) is 0 Å². The topological polar surface area (TPSA) is 63.3 Å². The van der Waals surface area contributed by atoms with Crippen molar-refractivity contribution in [3.05, 3.63) is 28.8 Å². The summed E-state index contributed by atoms with van der Waals surface area (Å²) in [5.41, 5.74) is 4.93. The van der Waals surface area contributed by atoms with Crippen molar-refractivity contribution in [2.45, 2.75) is 18.9 Å². The maximum absolute atomic E-state index is 13.3. The highest BCUT2D eigenvalue weighted by atomic mass is 19.2. The van der Waals surface area contributed by atoms with E-state index in [9.17, 15) is 18.7 Å². The Balaban J connectivity index is 2.76. The summed E-state index contributed by atoms with van der Waals surface area (Å²) in [6.07, 6.45) is -0.953. The van der Waals surface area contributed by atoms with Crippen molar-refractivity contribution in [2.24, 2.45) is 0 Å². The van der Waals surface area contributed by atoms with Gasteiger partial charge in [0.25, 0.3) is 0 Å². The molecule has 0 heterocycles. The molecule has 3 N–H and O–H groups in total. The van der Waals surface area contributed by atoms with E-state index in [0.29, 0.717) is 0 Å². The number of nitrogen functional groups attached to an aromatic ring is 1. The number of aliphatic hydroxyl groups is 1. The Morgan fingerprint density at radius 3 is 2.80 bits per heavy atom. The first-order valence-corrected chi connectivity index (χ1v) is 4.51.